The van der Waals surface area contributed by atoms with E-state index in [4.69, 9.17) is 0 Å². The van der Waals surface area contributed by atoms with Gasteiger partial charge in [-0.2, -0.15) is 0 Å². The molecule has 2 N–H and O–H groups in total. The van der Waals surface area contributed by atoms with Crippen LogP contribution in [0.2, 0.25) is 0 Å². The first-order chi connectivity index (χ1) is 9.97. The van der Waals surface area contributed by atoms with Crippen LogP contribution in [0.25, 0.3) is 11.0 Å². The zero-order chi connectivity index (χ0) is 15.6. The van der Waals surface area contributed by atoms with E-state index in [2.05, 4.69) is 10.6 Å². The Balaban J connectivity index is 2.52. The molecule has 0 saturated heterocycles. The molecule has 0 atom stereocenters. The van der Waals surface area contributed by atoms with Crippen LogP contribution >= 0.6 is 0 Å². The van der Waals surface area contributed by atoms with Crippen LogP contribution in [0.1, 0.15) is 16.2 Å². The minimum atomic E-state index is -0.776. The fraction of sp³-hybridized carbons (Fsp3) is 0.231. The van der Waals surface area contributed by atoms with Crippen molar-refractivity contribution in [3.05, 3.63) is 45.8 Å². The number of carbonyl (C=O) groups excluding carboxylic acids is 2. The summed E-state index contributed by atoms with van der Waals surface area (Å²) in [6.07, 6.45) is 0. The number of benzene rings is 1. The van der Waals surface area contributed by atoms with E-state index in [9.17, 15) is 19.7 Å². The maximum absolute atomic E-state index is 12.3. The average Bonchev–Trinajstić information content (AvgIpc) is 2.50. The lowest BCUT2D eigenvalue weighted by Crippen LogP contribution is -2.40. The molecule has 1 aromatic carbocycles. The number of nitrogens with zero attached hydrogens (tertiary/aromatic N) is 2. The minimum Gasteiger partial charge on any atom is -0.805 e. The summed E-state index contributed by atoms with van der Waals surface area (Å²) in [5.41, 5.74) is -0.0956. The van der Waals surface area contributed by atoms with Gasteiger partial charge in [0.25, 0.3) is 5.52 Å². The maximum atomic E-state index is 12.3. The largest absolute Gasteiger partial charge is 0.805 e. The SMILES string of the molecule is CNC(=O)CNC(=O)c1c(C)n([O-])c2ccccc2[n+]1=O. The van der Waals surface area contributed by atoms with Gasteiger partial charge in [-0.3, -0.25) is 9.59 Å². The van der Waals surface area contributed by atoms with Gasteiger partial charge in [-0.15, -0.1) is 0 Å². The Morgan fingerprint density at radius 3 is 2.67 bits per heavy atom. The van der Waals surface area contributed by atoms with Gasteiger partial charge >= 0.3 is 11.6 Å². The quantitative estimate of drug-likeness (QED) is 0.755. The van der Waals surface area contributed by atoms with E-state index in [1.165, 1.54) is 26.1 Å². The molecule has 0 aliphatic heterocycles. The van der Waals surface area contributed by atoms with Gasteiger partial charge in [0.2, 0.25) is 5.91 Å². The van der Waals surface area contributed by atoms with Crippen LogP contribution in [-0.4, -0.2) is 30.1 Å². The molecular weight excluding hydrogens is 276 g/mol. The Kier molecular flexibility index (Phi) is 3.88. The highest BCUT2D eigenvalue weighted by Gasteiger charge is 2.26. The van der Waals surface area contributed by atoms with Crippen LogP contribution in [0, 0.1) is 17.0 Å². The minimum absolute atomic E-state index is 0.0295. The lowest BCUT2D eigenvalue weighted by Gasteiger charge is -2.16. The average molecular weight is 290 g/mol. The summed E-state index contributed by atoms with van der Waals surface area (Å²) in [6, 6.07) is 6.17. The molecular formula is C13H14N4O4. The third-order valence-corrected chi connectivity index (χ3v) is 3.07. The van der Waals surface area contributed by atoms with Crippen molar-refractivity contribution in [2.75, 3.05) is 13.6 Å². The molecule has 0 saturated carbocycles. The predicted molar refractivity (Wildman–Crippen MR) is 75.2 cm³/mol. The third kappa shape index (κ3) is 2.55. The maximum Gasteiger partial charge on any atom is 0.346 e. The molecule has 8 heteroatoms. The van der Waals surface area contributed by atoms with Crippen molar-refractivity contribution in [2.24, 2.45) is 0 Å². The summed E-state index contributed by atoms with van der Waals surface area (Å²) in [5.74, 6) is -1.18. The fourth-order valence-corrected chi connectivity index (χ4v) is 1.94. The van der Waals surface area contributed by atoms with E-state index in [-0.39, 0.29) is 29.0 Å². The Morgan fingerprint density at radius 1 is 1.33 bits per heavy atom. The van der Waals surface area contributed by atoms with Gasteiger partial charge in [-0.1, -0.05) is 12.1 Å². The van der Waals surface area contributed by atoms with Crippen molar-refractivity contribution in [3.8, 4) is 0 Å². The van der Waals surface area contributed by atoms with E-state index in [1.807, 2.05) is 0 Å². The van der Waals surface area contributed by atoms with Gasteiger partial charge in [-0.25, -0.2) is 0 Å². The third-order valence-electron chi connectivity index (χ3n) is 3.07. The number of fused-ring (bicyclic) bond motifs is 1. The number of para-hydroxylation sites is 2. The Bertz CT molecular complexity index is 782. The van der Waals surface area contributed by atoms with Gasteiger partial charge < -0.3 is 20.6 Å². The number of nitrogens with one attached hydrogen (secondary N) is 2. The van der Waals surface area contributed by atoms with Crippen LogP contribution in [0.15, 0.2) is 24.3 Å². The van der Waals surface area contributed by atoms with E-state index in [1.54, 1.807) is 12.1 Å². The van der Waals surface area contributed by atoms with E-state index < -0.39 is 11.8 Å². The highest BCUT2D eigenvalue weighted by Crippen LogP contribution is 2.13. The van der Waals surface area contributed by atoms with Crippen LogP contribution in [-0.2, 0) is 4.79 Å². The molecule has 21 heavy (non-hydrogen) atoms. The Labute approximate surface area is 119 Å². The molecule has 0 fully saturated rings. The van der Waals surface area contributed by atoms with Crippen molar-refractivity contribution < 1.29 is 14.0 Å². The Morgan fingerprint density at radius 2 is 2.00 bits per heavy atom. The lowest BCUT2D eigenvalue weighted by atomic mass is 10.2. The number of carbonyl (C=O) groups is 2. The van der Waals surface area contributed by atoms with Crippen molar-refractivity contribution in [2.45, 2.75) is 6.92 Å². The van der Waals surface area contributed by atoms with Crippen molar-refractivity contribution in [3.63, 3.8) is 0 Å². The first kappa shape index (κ1) is 14.5. The number of hydrogen-bond donors (Lipinski definition) is 2. The smallest absolute Gasteiger partial charge is 0.346 e. The summed E-state index contributed by atoms with van der Waals surface area (Å²) in [6.45, 7) is 1.10. The second-order valence-electron chi connectivity index (χ2n) is 4.37. The van der Waals surface area contributed by atoms with Crippen molar-refractivity contribution >= 4 is 22.8 Å². The summed E-state index contributed by atoms with van der Waals surface area (Å²) < 4.78 is 0.927. The topological polar surface area (TPSA) is 109 Å². The number of aromatic nitrogens is 2. The number of amides is 2. The van der Waals surface area contributed by atoms with Gasteiger partial charge in [0, 0.05) is 18.0 Å². The van der Waals surface area contributed by atoms with E-state index in [0.717, 1.165) is 0 Å². The van der Waals surface area contributed by atoms with Crippen LogP contribution < -0.4 is 15.1 Å². The summed E-state index contributed by atoms with van der Waals surface area (Å²) in [7, 11) is 1.43. The summed E-state index contributed by atoms with van der Waals surface area (Å²) in [5, 5.41) is 16.7. The van der Waals surface area contributed by atoms with E-state index >= 15 is 0 Å². The fourth-order valence-electron chi connectivity index (χ4n) is 1.94. The molecule has 2 aromatic rings. The molecule has 8 nitrogen and oxygen atoms in total. The van der Waals surface area contributed by atoms with Gasteiger partial charge in [-0.05, 0) is 13.0 Å². The second kappa shape index (κ2) is 5.61. The van der Waals surface area contributed by atoms with Gasteiger partial charge in [0.15, 0.2) is 0 Å². The molecule has 2 amide bonds. The molecule has 0 spiro atoms. The highest BCUT2D eigenvalue weighted by atomic mass is 16.5. The molecule has 1 aromatic heterocycles. The summed E-state index contributed by atoms with van der Waals surface area (Å²) in [4.78, 5) is 35.4. The predicted octanol–water partition coefficient (Wildman–Crippen LogP) is -0.314. The molecule has 0 bridgehead atoms. The Hall–Kier alpha value is -2.90. The second-order valence-corrected chi connectivity index (χ2v) is 4.37. The van der Waals surface area contributed by atoms with Crippen molar-refractivity contribution in [1.29, 1.82) is 0 Å². The van der Waals surface area contributed by atoms with Gasteiger partial charge in [0.05, 0.1) is 16.7 Å². The number of likely N-dealkylation sites (N-methyl/N-ethyl adjacent to an activating group) is 1. The molecule has 0 aliphatic rings. The molecule has 0 unspecified atom stereocenters. The summed E-state index contributed by atoms with van der Waals surface area (Å²) >= 11 is 0. The first-order valence-corrected chi connectivity index (χ1v) is 6.20. The molecule has 110 valence electrons. The van der Waals surface area contributed by atoms with E-state index in [0.29, 0.717) is 9.16 Å². The molecule has 2 rings (SSSR count). The lowest BCUT2D eigenvalue weighted by molar-refractivity contribution is -0.468. The normalized spacial score (nSPS) is 10.4. The zero-order valence-electron chi connectivity index (χ0n) is 11.5. The number of hydrogen-bond acceptors (Lipinski definition) is 4. The monoisotopic (exact) mass is 290 g/mol. The molecule has 0 aliphatic carbocycles. The van der Waals surface area contributed by atoms with Crippen LogP contribution in [0.5, 0.6) is 0 Å². The first-order valence-electron chi connectivity index (χ1n) is 6.20. The molecule has 1 heterocycles. The van der Waals surface area contributed by atoms with Gasteiger partial charge in [0.1, 0.15) is 5.52 Å². The van der Waals surface area contributed by atoms with Crippen molar-refractivity contribution in [1.82, 2.24) is 15.4 Å². The number of rotatable bonds is 3. The highest BCUT2D eigenvalue weighted by molar-refractivity contribution is 5.95. The van der Waals surface area contributed by atoms with Crippen LogP contribution in [0.3, 0.4) is 0 Å². The standard InChI is InChI=1S/C13H14N4O4/c1-8-12(13(19)15-7-11(18)14-2)17(21)10-6-4-3-5-9(10)16(8)20/h3-6H,7H2,1-2H3,(H,14,18)(H,15,19). The van der Waals surface area contributed by atoms with Crippen LogP contribution in [0.4, 0.5) is 0 Å². The molecule has 0 radical (unpaired) electrons. The zero-order valence-corrected chi connectivity index (χ0v) is 11.5.